The molecule has 0 aliphatic carbocycles. The molecule has 2 amide bonds. The highest BCUT2D eigenvalue weighted by Gasteiger charge is 2.12. The summed E-state index contributed by atoms with van der Waals surface area (Å²) in [5, 5.41) is 20.3. The Bertz CT molecular complexity index is 361. The summed E-state index contributed by atoms with van der Waals surface area (Å²) in [6, 6.07) is 6.54. The van der Waals surface area contributed by atoms with Crippen molar-refractivity contribution in [2.75, 3.05) is 38.7 Å². The van der Waals surface area contributed by atoms with Gasteiger partial charge in [0.05, 0.1) is 20.3 Å². The van der Waals surface area contributed by atoms with Crippen LogP contribution in [-0.2, 0) is 0 Å². The van der Waals surface area contributed by atoms with E-state index in [1.54, 1.807) is 31.4 Å². The van der Waals surface area contributed by atoms with Gasteiger partial charge in [0.25, 0.3) is 0 Å². The Hall–Kier alpha value is -1.79. The molecule has 0 aliphatic heterocycles. The van der Waals surface area contributed by atoms with Gasteiger partial charge < -0.3 is 25.2 Å². The molecule has 0 bridgehead atoms. The molecule has 0 radical (unpaired) electrons. The summed E-state index contributed by atoms with van der Waals surface area (Å²) in [6.45, 7) is 0.0805. The summed E-state index contributed by atoms with van der Waals surface area (Å²) in [5.74, 6) is 0.704. The second-order valence-corrected chi connectivity index (χ2v) is 3.59. The minimum absolute atomic E-state index is 0.143. The molecular formula is C12H18N2O4. The summed E-state index contributed by atoms with van der Waals surface area (Å²) < 4.78 is 5.01. The quantitative estimate of drug-likeness (QED) is 0.691. The Morgan fingerprint density at radius 1 is 1.22 bits per heavy atom. The molecular weight excluding hydrogens is 236 g/mol. The number of benzene rings is 1. The Morgan fingerprint density at radius 3 is 2.22 bits per heavy atom. The second-order valence-electron chi connectivity index (χ2n) is 3.59. The molecule has 0 atom stereocenters. The SMILES string of the molecule is COc1ccc(NC(=O)N(CCO)CCO)cc1. The lowest BCUT2D eigenvalue weighted by Gasteiger charge is -2.21. The van der Waals surface area contributed by atoms with Gasteiger partial charge in [0.2, 0.25) is 0 Å². The maximum Gasteiger partial charge on any atom is 0.321 e. The van der Waals surface area contributed by atoms with Gasteiger partial charge in [0.1, 0.15) is 5.75 Å². The summed E-state index contributed by atoms with van der Waals surface area (Å²) in [7, 11) is 1.57. The van der Waals surface area contributed by atoms with Gasteiger partial charge in [-0.2, -0.15) is 0 Å². The number of amides is 2. The van der Waals surface area contributed by atoms with Gasteiger partial charge in [0, 0.05) is 18.8 Å². The average Bonchev–Trinajstić information content (AvgIpc) is 2.39. The number of nitrogens with one attached hydrogen (secondary N) is 1. The monoisotopic (exact) mass is 254 g/mol. The van der Waals surface area contributed by atoms with Crippen molar-refractivity contribution < 1.29 is 19.7 Å². The molecule has 6 nitrogen and oxygen atoms in total. The molecule has 0 heterocycles. The van der Waals surface area contributed by atoms with E-state index in [-0.39, 0.29) is 32.3 Å². The number of carbonyl (C=O) groups excluding carboxylic acids is 1. The molecule has 1 aromatic rings. The number of anilines is 1. The van der Waals surface area contributed by atoms with E-state index in [0.29, 0.717) is 11.4 Å². The third-order valence-corrected chi connectivity index (χ3v) is 2.37. The van der Waals surface area contributed by atoms with Gasteiger partial charge in [0.15, 0.2) is 0 Å². The smallest absolute Gasteiger partial charge is 0.321 e. The molecule has 0 aromatic heterocycles. The summed E-state index contributed by atoms with van der Waals surface area (Å²) >= 11 is 0. The lowest BCUT2D eigenvalue weighted by Crippen LogP contribution is -2.38. The van der Waals surface area contributed by atoms with Crippen LogP contribution < -0.4 is 10.1 Å². The molecule has 0 unspecified atom stereocenters. The first-order chi connectivity index (χ1) is 8.71. The van der Waals surface area contributed by atoms with Crippen molar-refractivity contribution in [3.05, 3.63) is 24.3 Å². The van der Waals surface area contributed by atoms with Crippen LogP contribution in [0.5, 0.6) is 5.75 Å². The average molecular weight is 254 g/mol. The topological polar surface area (TPSA) is 82.0 Å². The number of urea groups is 1. The molecule has 0 saturated heterocycles. The normalized spacial score (nSPS) is 9.94. The van der Waals surface area contributed by atoms with Crippen molar-refractivity contribution >= 4 is 11.7 Å². The Morgan fingerprint density at radius 2 is 1.78 bits per heavy atom. The molecule has 0 aliphatic rings. The van der Waals surface area contributed by atoms with Crippen molar-refractivity contribution in [1.29, 1.82) is 0 Å². The third-order valence-electron chi connectivity index (χ3n) is 2.37. The van der Waals surface area contributed by atoms with Crippen molar-refractivity contribution in [1.82, 2.24) is 4.90 Å². The molecule has 1 rings (SSSR count). The zero-order chi connectivity index (χ0) is 13.4. The van der Waals surface area contributed by atoms with Crippen LogP contribution in [0.2, 0.25) is 0 Å². The number of rotatable bonds is 6. The predicted octanol–water partition coefficient (Wildman–Crippen LogP) is 0.514. The largest absolute Gasteiger partial charge is 0.497 e. The minimum atomic E-state index is -0.358. The maximum atomic E-state index is 11.8. The first-order valence-corrected chi connectivity index (χ1v) is 5.63. The minimum Gasteiger partial charge on any atom is -0.497 e. The number of methoxy groups -OCH3 is 1. The number of aliphatic hydroxyl groups is 2. The predicted molar refractivity (Wildman–Crippen MR) is 67.8 cm³/mol. The highest BCUT2D eigenvalue weighted by atomic mass is 16.5. The number of nitrogens with zero attached hydrogens (tertiary/aromatic N) is 1. The summed E-state index contributed by atoms with van der Waals surface area (Å²) in [6.07, 6.45) is 0. The third kappa shape index (κ3) is 4.23. The summed E-state index contributed by atoms with van der Waals surface area (Å²) in [4.78, 5) is 13.1. The Balaban J connectivity index is 2.60. The number of aliphatic hydroxyl groups excluding tert-OH is 2. The van der Waals surface area contributed by atoms with Gasteiger partial charge in [-0.3, -0.25) is 0 Å². The fraction of sp³-hybridized carbons (Fsp3) is 0.417. The van der Waals surface area contributed by atoms with Crippen molar-refractivity contribution in [3.8, 4) is 5.75 Å². The Kier molecular flexibility index (Phi) is 5.96. The number of ether oxygens (including phenoxy) is 1. The van der Waals surface area contributed by atoms with Crippen molar-refractivity contribution in [3.63, 3.8) is 0 Å². The maximum absolute atomic E-state index is 11.8. The van der Waals surface area contributed by atoms with Crippen LogP contribution in [0.15, 0.2) is 24.3 Å². The highest BCUT2D eigenvalue weighted by Crippen LogP contribution is 2.15. The standard InChI is InChI=1S/C12H18N2O4/c1-18-11-4-2-10(3-5-11)13-12(17)14(6-8-15)7-9-16/h2-5,15-16H,6-9H2,1H3,(H,13,17). The first-order valence-electron chi connectivity index (χ1n) is 5.63. The van der Waals surface area contributed by atoms with E-state index in [4.69, 9.17) is 14.9 Å². The van der Waals surface area contributed by atoms with Crippen LogP contribution in [0.3, 0.4) is 0 Å². The first kappa shape index (κ1) is 14.3. The molecule has 0 spiro atoms. The van der Waals surface area contributed by atoms with Crippen molar-refractivity contribution in [2.24, 2.45) is 0 Å². The molecule has 18 heavy (non-hydrogen) atoms. The van der Waals surface area contributed by atoms with Gasteiger partial charge in [-0.05, 0) is 24.3 Å². The van der Waals surface area contributed by atoms with Crippen LogP contribution >= 0.6 is 0 Å². The van der Waals surface area contributed by atoms with Crippen molar-refractivity contribution in [2.45, 2.75) is 0 Å². The summed E-state index contributed by atoms with van der Waals surface area (Å²) in [5.41, 5.74) is 0.627. The van der Waals surface area contributed by atoms with E-state index < -0.39 is 0 Å². The molecule has 100 valence electrons. The number of hydrogen-bond donors (Lipinski definition) is 3. The van der Waals surface area contributed by atoms with E-state index in [1.807, 2.05) is 0 Å². The van der Waals surface area contributed by atoms with Crippen LogP contribution in [-0.4, -0.2) is 54.6 Å². The zero-order valence-electron chi connectivity index (χ0n) is 10.3. The van der Waals surface area contributed by atoms with Crippen LogP contribution in [0, 0.1) is 0 Å². The second kappa shape index (κ2) is 7.52. The van der Waals surface area contributed by atoms with E-state index >= 15 is 0 Å². The van der Waals surface area contributed by atoms with Crippen LogP contribution in [0.1, 0.15) is 0 Å². The van der Waals surface area contributed by atoms with Gasteiger partial charge in [-0.25, -0.2) is 4.79 Å². The molecule has 0 fully saturated rings. The highest BCUT2D eigenvalue weighted by molar-refractivity contribution is 5.89. The van der Waals surface area contributed by atoms with E-state index in [0.717, 1.165) is 0 Å². The molecule has 3 N–H and O–H groups in total. The number of hydrogen-bond acceptors (Lipinski definition) is 4. The molecule has 6 heteroatoms. The van der Waals surface area contributed by atoms with E-state index in [9.17, 15) is 4.79 Å². The Labute approximate surface area is 106 Å². The molecule has 1 aromatic carbocycles. The van der Waals surface area contributed by atoms with Gasteiger partial charge in [-0.1, -0.05) is 0 Å². The van der Waals surface area contributed by atoms with Crippen LogP contribution in [0.4, 0.5) is 10.5 Å². The van der Waals surface area contributed by atoms with E-state index in [2.05, 4.69) is 5.32 Å². The van der Waals surface area contributed by atoms with E-state index in [1.165, 1.54) is 4.90 Å². The fourth-order valence-electron chi connectivity index (χ4n) is 1.43. The zero-order valence-corrected chi connectivity index (χ0v) is 10.3. The lowest BCUT2D eigenvalue weighted by molar-refractivity contribution is 0.167. The van der Waals surface area contributed by atoms with Gasteiger partial charge >= 0.3 is 6.03 Å². The fourth-order valence-corrected chi connectivity index (χ4v) is 1.43. The van der Waals surface area contributed by atoms with Crippen LogP contribution in [0.25, 0.3) is 0 Å². The lowest BCUT2D eigenvalue weighted by atomic mass is 10.3. The molecule has 0 saturated carbocycles. The van der Waals surface area contributed by atoms with Gasteiger partial charge in [-0.15, -0.1) is 0 Å². The number of carbonyl (C=O) groups is 1.